The molecular formula is C13H10F8O3S. The summed E-state index contributed by atoms with van der Waals surface area (Å²) in [4.78, 5) is 8.64. The summed E-state index contributed by atoms with van der Waals surface area (Å²) in [5.41, 5.74) is -2.75. The van der Waals surface area contributed by atoms with E-state index in [-0.39, 0.29) is 24.6 Å². The predicted molar refractivity (Wildman–Crippen MR) is 73.3 cm³/mol. The van der Waals surface area contributed by atoms with E-state index in [1.54, 1.807) is 0 Å². The third-order valence-corrected chi connectivity index (χ3v) is 4.49. The zero-order chi connectivity index (χ0) is 19.5. The molecule has 0 aromatic heterocycles. The minimum atomic E-state index is -10.1. The fourth-order valence-corrected chi connectivity index (χ4v) is 2.98. The van der Waals surface area contributed by atoms with Gasteiger partial charge >= 0.3 is 22.4 Å². The monoisotopic (exact) mass is 398 g/mol. The number of aliphatic carboxylic acids is 1. The first-order chi connectivity index (χ1) is 10.9. The van der Waals surface area contributed by atoms with Crippen molar-refractivity contribution in [2.24, 2.45) is 0 Å². The Balaban J connectivity index is 2.78. The molecular weight excluding hydrogens is 388 g/mol. The second kappa shape index (κ2) is 4.80. The number of ether oxygens (including phenoxy) is 1. The average molecular weight is 398 g/mol. The van der Waals surface area contributed by atoms with E-state index in [9.17, 15) is 37.4 Å². The third-order valence-electron chi connectivity index (χ3n) is 3.37. The maximum absolute atomic E-state index is 13.0. The van der Waals surface area contributed by atoms with Crippen LogP contribution >= 0.6 is 10.2 Å². The molecule has 0 bridgehead atoms. The Morgan fingerprint density at radius 1 is 1.20 bits per heavy atom. The molecule has 2 rings (SSSR count). The second-order valence-electron chi connectivity index (χ2n) is 5.27. The Labute approximate surface area is 135 Å². The molecule has 1 aliphatic heterocycles. The zero-order valence-corrected chi connectivity index (χ0v) is 13.0. The topological polar surface area (TPSA) is 46.5 Å². The number of halogens is 8. The Bertz CT molecular complexity index is 779. The summed E-state index contributed by atoms with van der Waals surface area (Å²) in [6.07, 6.45) is -8.16. The molecule has 12 heteroatoms. The van der Waals surface area contributed by atoms with Gasteiger partial charge in [-0.3, -0.25) is 0 Å². The normalized spacial score (nSPS) is 20.7. The van der Waals surface area contributed by atoms with Crippen molar-refractivity contribution in [3.05, 3.63) is 28.8 Å². The van der Waals surface area contributed by atoms with Gasteiger partial charge in [0.15, 0.2) is 0 Å². The molecule has 0 radical (unpaired) electrons. The SMILES string of the molecule is CCc1cc(S(F)(F)(F)(F)F)cc2c1O[C@H](C(F)(F)F)C(C(=O)O)=C2. The van der Waals surface area contributed by atoms with E-state index < -0.39 is 55.8 Å². The van der Waals surface area contributed by atoms with Gasteiger partial charge in [0, 0.05) is 5.56 Å². The van der Waals surface area contributed by atoms with Crippen LogP contribution in [-0.4, -0.2) is 23.4 Å². The number of carbonyl (C=O) groups is 1. The number of carboxylic acid groups (broad SMARTS) is 1. The maximum Gasteiger partial charge on any atom is 0.430 e. The summed E-state index contributed by atoms with van der Waals surface area (Å²) in [5, 5.41) is 8.84. The van der Waals surface area contributed by atoms with Crippen LogP contribution in [0, 0.1) is 0 Å². The van der Waals surface area contributed by atoms with Crippen molar-refractivity contribution in [2.75, 3.05) is 0 Å². The lowest BCUT2D eigenvalue weighted by Gasteiger charge is -2.41. The largest absolute Gasteiger partial charge is 0.478 e. The maximum atomic E-state index is 13.0. The van der Waals surface area contributed by atoms with E-state index in [0.717, 1.165) is 0 Å². The lowest BCUT2D eigenvalue weighted by Crippen LogP contribution is -2.40. The van der Waals surface area contributed by atoms with Gasteiger partial charge in [-0.05, 0) is 30.2 Å². The molecule has 1 aliphatic rings. The molecule has 1 aromatic rings. The van der Waals surface area contributed by atoms with Crippen LogP contribution in [0.4, 0.5) is 32.6 Å². The first-order valence-electron chi connectivity index (χ1n) is 6.53. The number of hydrogen-bond donors (Lipinski definition) is 1. The molecule has 0 unspecified atom stereocenters. The van der Waals surface area contributed by atoms with Gasteiger partial charge in [-0.25, -0.2) is 4.79 Å². The average Bonchev–Trinajstić information content (AvgIpc) is 2.40. The van der Waals surface area contributed by atoms with Crippen molar-refractivity contribution in [3.8, 4) is 5.75 Å². The molecule has 25 heavy (non-hydrogen) atoms. The van der Waals surface area contributed by atoms with E-state index in [1.165, 1.54) is 6.92 Å². The minimum absolute atomic E-state index is 0.0213. The van der Waals surface area contributed by atoms with Crippen molar-refractivity contribution in [1.82, 2.24) is 0 Å². The summed E-state index contributed by atoms with van der Waals surface area (Å²) >= 11 is 0. The van der Waals surface area contributed by atoms with Crippen LogP contribution in [-0.2, 0) is 11.2 Å². The number of rotatable bonds is 3. The molecule has 0 fully saturated rings. The highest BCUT2D eigenvalue weighted by molar-refractivity contribution is 8.45. The quantitative estimate of drug-likeness (QED) is 0.665. The molecule has 1 atom stereocenters. The molecule has 1 N–H and O–H groups in total. The van der Waals surface area contributed by atoms with Crippen LogP contribution in [0.5, 0.6) is 5.75 Å². The second-order valence-corrected chi connectivity index (χ2v) is 7.68. The number of benzene rings is 1. The van der Waals surface area contributed by atoms with Crippen LogP contribution in [0.15, 0.2) is 22.6 Å². The van der Waals surface area contributed by atoms with E-state index in [1.807, 2.05) is 0 Å². The summed E-state index contributed by atoms with van der Waals surface area (Å²) < 4.78 is 108. The van der Waals surface area contributed by atoms with E-state index >= 15 is 0 Å². The first-order valence-corrected chi connectivity index (χ1v) is 8.48. The van der Waals surface area contributed by atoms with Crippen LogP contribution < -0.4 is 4.74 Å². The number of fused-ring (bicyclic) bond motifs is 1. The Morgan fingerprint density at radius 2 is 1.76 bits per heavy atom. The molecule has 3 nitrogen and oxygen atoms in total. The minimum Gasteiger partial charge on any atom is -0.478 e. The number of aryl methyl sites for hydroxylation is 1. The molecule has 1 heterocycles. The van der Waals surface area contributed by atoms with E-state index in [2.05, 4.69) is 4.74 Å². The van der Waals surface area contributed by atoms with Gasteiger partial charge in [0.2, 0.25) is 6.10 Å². The summed E-state index contributed by atoms with van der Waals surface area (Å²) in [5.74, 6) is -2.80. The lowest BCUT2D eigenvalue weighted by atomic mass is 9.98. The van der Waals surface area contributed by atoms with Crippen LogP contribution in [0.3, 0.4) is 0 Å². The van der Waals surface area contributed by atoms with Crippen molar-refractivity contribution in [3.63, 3.8) is 0 Å². The molecule has 0 saturated heterocycles. The van der Waals surface area contributed by atoms with E-state index in [0.29, 0.717) is 0 Å². The highest BCUT2D eigenvalue weighted by Crippen LogP contribution is 3.02. The molecule has 0 aliphatic carbocycles. The number of carboxylic acids is 1. The summed E-state index contributed by atoms with van der Waals surface area (Å²) in [7, 11) is -10.1. The Hall–Kier alpha value is -1.98. The van der Waals surface area contributed by atoms with Gasteiger partial charge in [-0.15, -0.1) is 0 Å². The highest BCUT2D eigenvalue weighted by Gasteiger charge is 2.65. The van der Waals surface area contributed by atoms with Crippen LogP contribution in [0.1, 0.15) is 18.1 Å². The summed E-state index contributed by atoms with van der Waals surface area (Å²) in [6, 6.07) is -0.0843. The Morgan fingerprint density at radius 3 is 2.16 bits per heavy atom. The molecule has 0 spiro atoms. The number of alkyl halides is 3. The van der Waals surface area contributed by atoms with Crippen molar-refractivity contribution in [2.45, 2.75) is 30.5 Å². The summed E-state index contributed by atoms with van der Waals surface area (Å²) in [6.45, 7) is 1.23. The van der Waals surface area contributed by atoms with Crippen LogP contribution in [0.25, 0.3) is 6.08 Å². The van der Waals surface area contributed by atoms with Crippen LogP contribution in [0.2, 0.25) is 0 Å². The van der Waals surface area contributed by atoms with Crippen molar-refractivity contribution < 1.29 is 47.2 Å². The van der Waals surface area contributed by atoms with Gasteiger partial charge in [0.05, 0.1) is 5.57 Å². The van der Waals surface area contributed by atoms with Gasteiger partial charge < -0.3 is 9.84 Å². The molecule has 0 amide bonds. The van der Waals surface area contributed by atoms with Crippen molar-refractivity contribution >= 4 is 22.3 Å². The van der Waals surface area contributed by atoms with Gasteiger partial charge in [-0.2, -0.15) is 13.2 Å². The highest BCUT2D eigenvalue weighted by atomic mass is 32.5. The van der Waals surface area contributed by atoms with Crippen molar-refractivity contribution in [1.29, 1.82) is 0 Å². The van der Waals surface area contributed by atoms with Gasteiger partial charge in [0.1, 0.15) is 10.6 Å². The number of hydrogen-bond acceptors (Lipinski definition) is 2. The first kappa shape index (κ1) is 19.3. The molecule has 1 aromatic carbocycles. The lowest BCUT2D eigenvalue weighted by molar-refractivity contribution is -0.187. The zero-order valence-electron chi connectivity index (χ0n) is 12.2. The standard InChI is InChI=1S/C13H10F8O3S/c1-2-6-3-8(25(17,18,19,20)21)4-7-5-9(12(22)23)11(13(14,15)16)24-10(6)7/h3-5,11H,2H2,1H3,(H,22,23)/t11-/m0/s1. The predicted octanol–water partition coefficient (Wildman–Crippen LogP) is 5.70. The molecule has 0 saturated carbocycles. The smallest absolute Gasteiger partial charge is 0.430 e. The van der Waals surface area contributed by atoms with E-state index in [4.69, 9.17) is 5.11 Å². The third kappa shape index (κ3) is 3.83. The Kier molecular flexibility index (Phi) is 3.71. The fraction of sp³-hybridized carbons (Fsp3) is 0.308. The van der Waals surface area contributed by atoms with Gasteiger partial charge in [0.25, 0.3) is 0 Å². The van der Waals surface area contributed by atoms with Gasteiger partial charge in [-0.1, -0.05) is 26.4 Å². The molecule has 142 valence electrons. The fourth-order valence-electron chi connectivity index (χ4n) is 2.26.